The highest BCUT2D eigenvalue weighted by molar-refractivity contribution is 6.35. The van der Waals surface area contributed by atoms with E-state index in [1.165, 1.54) is 32.3 Å². The van der Waals surface area contributed by atoms with Crippen molar-refractivity contribution in [2.75, 3.05) is 0 Å². The van der Waals surface area contributed by atoms with Crippen molar-refractivity contribution in [3.8, 4) is 23.0 Å². The number of para-hydroxylation sites is 2. The molecule has 2 heteroatoms. The first-order valence-corrected chi connectivity index (χ1v) is 11.4. The van der Waals surface area contributed by atoms with Crippen LogP contribution in [0.1, 0.15) is 0 Å². The van der Waals surface area contributed by atoms with E-state index in [4.69, 9.17) is 9.47 Å². The van der Waals surface area contributed by atoms with Crippen LogP contribution in [0.4, 0.5) is 0 Å². The van der Waals surface area contributed by atoms with Gasteiger partial charge in [-0.3, -0.25) is 0 Å². The molecule has 0 saturated heterocycles. The van der Waals surface area contributed by atoms with Crippen LogP contribution in [0.3, 0.4) is 0 Å². The van der Waals surface area contributed by atoms with Gasteiger partial charge in [0.05, 0.1) is 0 Å². The summed E-state index contributed by atoms with van der Waals surface area (Å²) < 4.78 is 12.9. The van der Waals surface area contributed by atoms with Gasteiger partial charge in [0.2, 0.25) is 0 Å². The maximum Gasteiger partial charge on any atom is 0.135 e. The minimum absolute atomic E-state index is 0.828. The third kappa shape index (κ3) is 2.89. The molecule has 2 nitrogen and oxygen atoms in total. The molecule has 0 bridgehead atoms. The van der Waals surface area contributed by atoms with E-state index in [-0.39, 0.29) is 0 Å². The predicted octanol–water partition coefficient (Wildman–Crippen LogP) is 9.32. The van der Waals surface area contributed by atoms with Gasteiger partial charge in [0.1, 0.15) is 23.0 Å². The lowest BCUT2D eigenvalue weighted by Gasteiger charge is -2.19. The third-order valence-electron chi connectivity index (χ3n) is 6.50. The van der Waals surface area contributed by atoms with E-state index in [0.29, 0.717) is 0 Å². The quantitative estimate of drug-likeness (QED) is 0.202. The van der Waals surface area contributed by atoms with Crippen LogP contribution in [0.15, 0.2) is 121 Å². The summed E-state index contributed by atoms with van der Waals surface area (Å²) in [6.07, 6.45) is 0. The molecule has 0 atom stereocenters. The lowest BCUT2D eigenvalue weighted by molar-refractivity contribution is 0.488. The molecule has 0 aliphatic carbocycles. The van der Waals surface area contributed by atoms with E-state index in [1.807, 2.05) is 60.7 Å². The molecule has 0 radical (unpaired) electrons. The predicted molar refractivity (Wildman–Crippen MR) is 141 cm³/mol. The fourth-order valence-electron chi connectivity index (χ4n) is 5.07. The summed E-state index contributed by atoms with van der Waals surface area (Å²) in [6.45, 7) is 0. The third-order valence-corrected chi connectivity index (χ3v) is 6.50. The Kier molecular flexibility index (Phi) is 4.18. The Labute approximate surface area is 196 Å². The fraction of sp³-hybridized carbons (Fsp3) is 0. The van der Waals surface area contributed by atoms with Crippen LogP contribution in [0, 0.1) is 0 Å². The molecule has 0 aliphatic rings. The minimum Gasteiger partial charge on any atom is -0.457 e. The van der Waals surface area contributed by atoms with Crippen molar-refractivity contribution >= 4 is 43.1 Å². The van der Waals surface area contributed by atoms with Crippen LogP contribution in [0.2, 0.25) is 0 Å². The number of benzene rings is 7. The van der Waals surface area contributed by atoms with Gasteiger partial charge in [-0.1, -0.05) is 84.9 Å². The molecule has 7 aromatic rings. The smallest absolute Gasteiger partial charge is 0.135 e. The number of rotatable bonds is 4. The highest BCUT2D eigenvalue weighted by Crippen LogP contribution is 2.47. The highest BCUT2D eigenvalue weighted by atomic mass is 16.5. The fourth-order valence-corrected chi connectivity index (χ4v) is 5.07. The Bertz CT molecular complexity index is 1650. The van der Waals surface area contributed by atoms with Crippen molar-refractivity contribution < 1.29 is 9.47 Å². The maximum absolute atomic E-state index is 6.44. The summed E-state index contributed by atoms with van der Waals surface area (Å²) in [4.78, 5) is 0. The van der Waals surface area contributed by atoms with Gasteiger partial charge < -0.3 is 9.47 Å². The first-order chi connectivity index (χ1) is 16.9. The molecule has 0 saturated carbocycles. The van der Waals surface area contributed by atoms with E-state index >= 15 is 0 Å². The first-order valence-electron chi connectivity index (χ1n) is 11.4. The minimum atomic E-state index is 0.828. The molecule has 7 rings (SSSR count). The molecule has 7 aromatic carbocycles. The van der Waals surface area contributed by atoms with E-state index < -0.39 is 0 Å². The molecule has 34 heavy (non-hydrogen) atoms. The Morgan fingerprint density at radius 2 is 0.765 bits per heavy atom. The summed E-state index contributed by atoms with van der Waals surface area (Å²) in [6, 6.07) is 41.4. The number of ether oxygens (including phenoxy) is 2. The van der Waals surface area contributed by atoms with Crippen LogP contribution in [0.25, 0.3) is 43.1 Å². The molecule has 0 heterocycles. The molecule has 0 aliphatic heterocycles. The summed E-state index contributed by atoms with van der Waals surface area (Å²) >= 11 is 0. The summed E-state index contributed by atoms with van der Waals surface area (Å²) in [5.74, 6) is 3.38. The highest BCUT2D eigenvalue weighted by Gasteiger charge is 2.19. The molecule has 0 N–H and O–H groups in total. The molecule has 0 fully saturated rings. The molecule has 0 spiro atoms. The van der Waals surface area contributed by atoms with Crippen LogP contribution in [-0.2, 0) is 0 Å². The molecule has 0 amide bonds. The van der Waals surface area contributed by atoms with Crippen LogP contribution in [-0.4, -0.2) is 0 Å². The van der Waals surface area contributed by atoms with Crippen molar-refractivity contribution in [1.82, 2.24) is 0 Å². The Morgan fingerprint density at radius 1 is 0.324 bits per heavy atom. The van der Waals surface area contributed by atoms with Crippen molar-refractivity contribution in [3.05, 3.63) is 121 Å². The number of fused-ring (bicyclic) bond motifs is 2. The maximum atomic E-state index is 6.44. The average Bonchev–Trinajstić information content (AvgIpc) is 2.89. The van der Waals surface area contributed by atoms with Gasteiger partial charge in [0, 0.05) is 21.5 Å². The first kappa shape index (κ1) is 19.0. The topological polar surface area (TPSA) is 18.5 Å². The van der Waals surface area contributed by atoms with Crippen LogP contribution in [0.5, 0.6) is 23.0 Å². The summed E-state index contributed by atoms with van der Waals surface area (Å²) in [7, 11) is 0. The summed E-state index contributed by atoms with van der Waals surface area (Å²) in [5, 5.41) is 9.36. The number of hydrogen-bond donors (Lipinski definition) is 0. The van der Waals surface area contributed by atoms with Crippen molar-refractivity contribution in [1.29, 1.82) is 0 Å². The van der Waals surface area contributed by atoms with Crippen molar-refractivity contribution in [3.63, 3.8) is 0 Å². The lowest BCUT2D eigenvalue weighted by atomic mass is 9.89. The molecular formula is C32H20O2. The van der Waals surface area contributed by atoms with Gasteiger partial charge in [-0.05, 0) is 57.9 Å². The van der Waals surface area contributed by atoms with Gasteiger partial charge in [-0.2, -0.15) is 0 Å². The normalized spacial score (nSPS) is 11.5. The van der Waals surface area contributed by atoms with Crippen molar-refractivity contribution in [2.45, 2.75) is 0 Å². The molecule has 160 valence electrons. The van der Waals surface area contributed by atoms with Crippen LogP contribution >= 0.6 is 0 Å². The SMILES string of the molecule is c1ccc(Oc2ccc3cccc4c5c(Oc6ccccc6)ccc6cccc(c2c34)c65)cc1. The second-order valence-electron chi connectivity index (χ2n) is 8.51. The monoisotopic (exact) mass is 436 g/mol. The van der Waals surface area contributed by atoms with Crippen molar-refractivity contribution in [2.24, 2.45) is 0 Å². The Morgan fingerprint density at radius 3 is 1.21 bits per heavy atom. The lowest BCUT2D eigenvalue weighted by Crippen LogP contribution is -1.93. The van der Waals surface area contributed by atoms with Gasteiger partial charge in [-0.15, -0.1) is 0 Å². The van der Waals surface area contributed by atoms with Gasteiger partial charge in [0.25, 0.3) is 0 Å². The van der Waals surface area contributed by atoms with Gasteiger partial charge >= 0.3 is 0 Å². The average molecular weight is 437 g/mol. The van der Waals surface area contributed by atoms with E-state index in [0.717, 1.165) is 33.8 Å². The zero-order chi connectivity index (χ0) is 22.5. The second kappa shape index (κ2) is 7.50. The Hall–Kier alpha value is -4.56. The Balaban J connectivity index is 1.61. The largest absolute Gasteiger partial charge is 0.457 e. The molecular weight excluding hydrogens is 416 g/mol. The molecule has 0 unspecified atom stereocenters. The zero-order valence-electron chi connectivity index (χ0n) is 18.4. The van der Waals surface area contributed by atoms with Gasteiger partial charge in [-0.25, -0.2) is 0 Å². The van der Waals surface area contributed by atoms with E-state index in [1.54, 1.807) is 0 Å². The van der Waals surface area contributed by atoms with Crippen LogP contribution < -0.4 is 9.47 Å². The van der Waals surface area contributed by atoms with E-state index in [2.05, 4.69) is 60.7 Å². The second-order valence-corrected chi connectivity index (χ2v) is 8.51. The number of hydrogen-bond acceptors (Lipinski definition) is 2. The molecule has 0 aromatic heterocycles. The standard InChI is InChI=1S/C32H20O2/c1-3-11-23(12-4-1)33-27-19-17-21-9-8-16-26-29(21)31(27)25-15-7-10-22-18-20-28(32(26)30(22)25)34-24-13-5-2-6-14-24/h1-20H. The summed E-state index contributed by atoms with van der Waals surface area (Å²) in [5.41, 5.74) is 0. The van der Waals surface area contributed by atoms with Gasteiger partial charge in [0.15, 0.2) is 0 Å². The zero-order valence-corrected chi connectivity index (χ0v) is 18.4. The van der Waals surface area contributed by atoms with E-state index in [9.17, 15) is 0 Å².